The summed E-state index contributed by atoms with van der Waals surface area (Å²) in [6, 6.07) is 10.6. The third-order valence-corrected chi connectivity index (χ3v) is 8.65. The Morgan fingerprint density at radius 1 is 1.18 bits per heavy atom. The summed E-state index contributed by atoms with van der Waals surface area (Å²) < 4.78 is 5.50. The molecule has 0 bridgehead atoms. The molecule has 1 atom stereocenters. The van der Waals surface area contributed by atoms with Gasteiger partial charge >= 0.3 is 61.2 Å². The summed E-state index contributed by atoms with van der Waals surface area (Å²) in [6.45, 7) is 0. The van der Waals surface area contributed by atoms with Crippen molar-refractivity contribution in [3.63, 3.8) is 0 Å². The van der Waals surface area contributed by atoms with Crippen LogP contribution in [-0.2, 0) is 12.8 Å². The molecular formula is C19H18I4N2OS2. The zero-order chi connectivity index (χ0) is 19.7. The Bertz CT molecular complexity index is 1050. The average Bonchev–Trinajstić information content (AvgIpc) is 3.31. The van der Waals surface area contributed by atoms with Gasteiger partial charge in [-0.05, 0) is 55.1 Å². The van der Waals surface area contributed by atoms with E-state index in [0.29, 0.717) is 19.3 Å². The molecule has 0 N–H and O–H groups in total. The topological polar surface area (TPSA) is 25.9 Å². The Labute approximate surface area is 216 Å². The van der Waals surface area contributed by atoms with Crippen LogP contribution in [0.2, 0.25) is 0 Å². The van der Waals surface area contributed by atoms with Gasteiger partial charge in [0, 0.05) is 15.1 Å². The predicted molar refractivity (Wildman–Crippen MR) is 141 cm³/mol. The van der Waals surface area contributed by atoms with E-state index in [2.05, 4.69) is 64.4 Å². The Balaban J connectivity index is 0.000000604. The number of aromatic nitrogens is 2. The standard InChI is InChI=1S/C19H18IN2OS2.I3/c20-10-13-11-24-19-21(12-6-2-1-3-7-12)17(23)16-14-8-4-5-9-15(14)25-18(16)22(13)19;1-3-2/h1-3,6-7,13H,4-5,8-11H2;/q+1;-1. The fourth-order valence-corrected chi connectivity index (χ4v) is 7.90. The molecule has 9 heteroatoms. The van der Waals surface area contributed by atoms with E-state index < -0.39 is 0 Å². The molecule has 1 aliphatic heterocycles. The van der Waals surface area contributed by atoms with Crippen LogP contribution >= 0.6 is 82.9 Å². The molecule has 3 nitrogen and oxygen atoms in total. The number of alkyl halides is 1. The van der Waals surface area contributed by atoms with Crippen LogP contribution in [0.3, 0.4) is 0 Å². The second kappa shape index (κ2) is 10.3. The summed E-state index contributed by atoms with van der Waals surface area (Å²) in [4.78, 5) is 16.2. The van der Waals surface area contributed by atoms with Crippen molar-refractivity contribution in [2.24, 2.45) is 0 Å². The normalized spacial score (nSPS) is 17.9. The van der Waals surface area contributed by atoms with E-state index in [1.807, 2.05) is 58.0 Å². The molecule has 150 valence electrons. The molecule has 0 amide bonds. The number of halogens is 4. The van der Waals surface area contributed by atoms with Crippen LogP contribution in [-0.4, -0.2) is 14.7 Å². The summed E-state index contributed by atoms with van der Waals surface area (Å²) in [6.07, 6.45) is 4.65. The summed E-state index contributed by atoms with van der Waals surface area (Å²) in [5, 5.41) is 2.09. The van der Waals surface area contributed by atoms with Crippen molar-refractivity contribution in [1.82, 2.24) is 4.57 Å². The number of nitrogens with zero attached hydrogens (tertiary/aromatic N) is 2. The van der Waals surface area contributed by atoms with Crippen LogP contribution in [0, 0.1) is 0 Å². The van der Waals surface area contributed by atoms with Gasteiger partial charge in [0.2, 0.25) is 0 Å². The van der Waals surface area contributed by atoms with Crippen molar-refractivity contribution in [2.45, 2.75) is 36.9 Å². The first-order valence-electron chi connectivity index (χ1n) is 8.97. The number of hydrogen-bond acceptors (Lipinski definition) is 3. The number of fused-ring (bicyclic) bond motifs is 5. The molecule has 0 radical (unpaired) electrons. The van der Waals surface area contributed by atoms with Gasteiger partial charge in [-0.3, -0.25) is 0 Å². The van der Waals surface area contributed by atoms with Crippen molar-refractivity contribution in [3.8, 4) is 5.69 Å². The first-order valence-corrected chi connectivity index (χ1v) is 24.9. The van der Waals surface area contributed by atoms with Gasteiger partial charge in [-0.15, -0.1) is 0 Å². The number of thiophene rings is 1. The van der Waals surface area contributed by atoms with E-state index in [-0.39, 0.29) is 5.56 Å². The largest absolute Gasteiger partial charge is 0.352 e. The molecule has 3 heterocycles. The average molecular weight is 862 g/mol. The van der Waals surface area contributed by atoms with Crippen LogP contribution in [0.15, 0.2) is 40.3 Å². The maximum absolute atomic E-state index is 13.6. The van der Waals surface area contributed by atoms with E-state index in [1.54, 1.807) is 0 Å². The van der Waals surface area contributed by atoms with Gasteiger partial charge in [-0.25, -0.2) is 9.36 Å². The molecule has 3 aromatic rings. The maximum atomic E-state index is 13.6. The monoisotopic (exact) mass is 862 g/mol. The van der Waals surface area contributed by atoms with Crippen LogP contribution in [0.25, 0.3) is 15.9 Å². The SMILES string of the molecule is I[I-]I.O=c1c2c3c(sc2[n+]2c(n1-c1ccccc1)SCC2CI)CCCC3. The van der Waals surface area contributed by atoms with Crippen LogP contribution < -0.4 is 23.4 Å². The van der Waals surface area contributed by atoms with Gasteiger partial charge in [-0.1, -0.05) is 52.1 Å². The van der Waals surface area contributed by atoms with Gasteiger partial charge in [0.25, 0.3) is 0 Å². The third kappa shape index (κ3) is 4.18. The van der Waals surface area contributed by atoms with Gasteiger partial charge in [0.05, 0.1) is 0 Å². The number of aryl methyl sites for hydroxylation is 2. The summed E-state index contributed by atoms with van der Waals surface area (Å²) in [7, 11) is 0. The minimum Gasteiger partial charge on any atom is -0.240 e. The van der Waals surface area contributed by atoms with Crippen LogP contribution in [0.5, 0.6) is 0 Å². The molecule has 0 saturated carbocycles. The number of hydrogen-bond donors (Lipinski definition) is 0. The molecule has 0 saturated heterocycles. The quantitative estimate of drug-likeness (QED) is 0.172. The third-order valence-electron chi connectivity index (χ3n) is 5.15. The first kappa shape index (κ1) is 22.5. The summed E-state index contributed by atoms with van der Waals surface area (Å²) in [5.41, 5.74) is 2.49. The van der Waals surface area contributed by atoms with Gasteiger partial charge in [0.1, 0.15) is 17.1 Å². The zero-order valence-corrected chi connectivity index (χ0v) is 25.1. The number of thioether (sulfide) groups is 1. The summed E-state index contributed by atoms with van der Waals surface area (Å²) >= 11 is 11.5. The zero-order valence-electron chi connectivity index (χ0n) is 14.8. The summed E-state index contributed by atoms with van der Waals surface area (Å²) in [5.74, 6) is 1.05. The van der Waals surface area contributed by atoms with Crippen molar-refractivity contribution in [2.75, 3.05) is 10.2 Å². The molecule has 1 unspecified atom stereocenters. The Morgan fingerprint density at radius 2 is 1.89 bits per heavy atom. The molecule has 0 fully saturated rings. The van der Waals surface area contributed by atoms with E-state index in [9.17, 15) is 4.79 Å². The van der Waals surface area contributed by atoms with Crippen molar-refractivity contribution in [1.29, 1.82) is 0 Å². The van der Waals surface area contributed by atoms with Gasteiger partial charge in [-0.2, -0.15) is 4.57 Å². The van der Waals surface area contributed by atoms with E-state index >= 15 is 0 Å². The van der Waals surface area contributed by atoms with Crippen molar-refractivity contribution >= 4 is 93.1 Å². The molecule has 1 aromatic carbocycles. The molecule has 2 aromatic heterocycles. The minimum absolute atomic E-state index is 0.174. The molecule has 0 spiro atoms. The molecular weight excluding hydrogens is 844 g/mol. The van der Waals surface area contributed by atoms with Gasteiger partial charge < -0.3 is 0 Å². The fourth-order valence-electron chi connectivity index (χ4n) is 3.95. The van der Waals surface area contributed by atoms with Crippen LogP contribution in [0.1, 0.15) is 29.3 Å². The van der Waals surface area contributed by atoms with E-state index in [4.69, 9.17) is 0 Å². The van der Waals surface area contributed by atoms with E-state index in [1.165, 1.54) is 28.1 Å². The van der Waals surface area contributed by atoms with E-state index in [0.717, 1.165) is 39.3 Å². The number of para-hydroxylation sites is 1. The van der Waals surface area contributed by atoms with Crippen molar-refractivity contribution < 1.29 is 17.8 Å². The Hall–Kier alpha value is 1.33. The second-order valence-electron chi connectivity index (χ2n) is 6.69. The number of benzene rings is 1. The maximum Gasteiger partial charge on any atom is 0.352 e. The Kier molecular flexibility index (Phi) is 8.28. The molecule has 5 rings (SSSR count). The first-order chi connectivity index (χ1) is 13.7. The predicted octanol–water partition coefficient (Wildman–Crippen LogP) is 3.08. The number of rotatable bonds is 2. The fraction of sp³-hybridized carbons (Fsp3) is 0.368. The smallest absolute Gasteiger partial charge is 0.240 e. The molecule has 28 heavy (non-hydrogen) atoms. The van der Waals surface area contributed by atoms with Gasteiger partial charge in [0.15, 0.2) is 4.83 Å². The minimum atomic E-state index is 0.174. The second-order valence-corrected chi connectivity index (χ2v) is 25.9. The van der Waals surface area contributed by atoms with Crippen molar-refractivity contribution in [3.05, 3.63) is 51.1 Å². The Morgan fingerprint density at radius 3 is 2.61 bits per heavy atom. The molecule has 2 aliphatic rings. The molecule has 1 aliphatic carbocycles. The van der Waals surface area contributed by atoms with Crippen LogP contribution in [0.4, 0.5) is 0 Å².